The zero-order valence-corrected chi connectivity index (χ0v) is 19.9. The molecule has 0 radical (unpaired) electrons. The molecule has 5 aromatic rings. The first-order chi connectivity index (χ1) is 17.0. The van der Waals surface area contributed by atoms with Crippen molar-refractivity contribution in [1.29, 1.82) is 0 Å². The van der Waals surface area contributed by atoms with E-state index in [9.17, 15) is 9.59 Å². The number of halogens is 1. The number of rotatable bonds is 6. The van der Waals surface area contributed by atoms with Crippen molar-refractivity contribution in [2.45, 2.75) is 20.0 Å². The topological polar surface area (TPSA) is 83.9 Å². The molecule has 0 aliphatic rings. The highest BCUT2D eigenvalue weighted by Crippen LogP contribution is 2.21. The summed E-state index contributed by atoms with van der Waals surface area (Å²) in [7, 11) is 1.56. The molecule has 0 spiro atoms. The van der Waals surface area contributed by atoms with Crippen molar-refractivity contribution in [1.82, 2.24) is 23.9 Å². The van der Waals surface area contributed by atoms with E-state index >= 15 is 0 Å². The first-order valence-corrected chi connectivity index (χ1v) is 11.4. The van der Waals surface area contributed by atoms with Gasteiger partial charge in [-0.2, -0.15) is 4.68 Å². The highest BCUT2D eigenvalue weighted by atomic mass is 35.5. The average Bonchev–Trinajstić information content (AvgIpc) is 3.13. The predicted molar refractivity (Wildman–Crippen MR) is 135 cm³/mol. The van der Waals surface area contributed by atoms with Crippen LogP contribution in [0, 0.1) is 6.92 Å². The van der Waals surface area contributed by atoms with Crippen molar-refractivity contribution in [2.75, 3.05) is 7.11 Å². The Hall–Kier alpha value is -4.17. The molecule has 0 N–H and O–H groups in total. The molecule has 0 fully saturated rings. The van der Waals surface area contributed by atoms with Crippen LogP contribution in [0.1, 0.15) is 17.0 Å². The molecule has 0 amide bonds. The molecule has 0 aliphatic carbocycles. The number of ether oxygens (including phenoxy) is 1. The van der Waals surface area contributed by atoms with Crippen LogP contribution in [0.3, 0.4) is 0 Å². The number of hydrogen-bond acceptors (Lipinski definition) is 5. The van der Waals surface area contributed by atoms with E-state index in [-0.39, 0.29) is 17.7 Å². The number of hydrogen-bond donors (Lipinski definition) is 0. The Morgan fingerprint density at radius 1 is 0.971 bits per heavy atom. The number of benzene rings is 1. The molecule has 0 bridgehead atoms. The molecule has 5 rings (SSSR count). The smallest absolute Gasteiger partial charge is 0.282 e. The minimum atomic E-state index is -0.276. The summed E-state index contributed by atoms with van der Waals surface area (Å²) in [5.41, 5.74) is 2.16. The summed E-state index contributed by atoms with van der Waals surface area (Å²) < 4.78 is 10.2. The third-order valence-electron chi connectivity index (χ3n) is 5.91. The molecule has 4 heterocycles. The summed E-state index contributed by atoms with van der Waals surface area (Å²) in [5.74, 6) is 0.970. The van der Waals surface area contributed by atoms with Crippen LogP contribution in [0.4, 0.5) is 0 Å². The van der Waals surface area contributed by atoms with E-state index in [1.807, 2.05) is 30.3 Å². The van der Waals surface area contributed by atoms with Gasteiger partial charge in [0.1, 0.15) is 10.9 Å². The Morgan fingerprint density at radius 3 is 2.51 bits per heavy atom. The van der Waals surface area contributed by atoms with Crippen molar-refractivity contribution >= 4 is 22.5 Å². The monoisotopic (exact) mass is 487 g/mol. The van der Waals surface area contributed by atoms with Gasteiger partial charge in [-0.25, -0.2) is 9.97 Å². The zero-order valence-electron chi connectivity index (χ0n) is 19.2. The van der Waals surface area contributed by atoms with Gasteiger partial charge in [-0.15, -0.1) is 0 Å². The van der Waals surface area contributed by atoms with E-state index < -0.39 is 0 Å². The highest BCUT2D eigenvalue weighted by molar-refractivity contribution is 6.29. The van der Waals surface area contributed by atoms with Gasteiger partial charge in [-0.05, 0) is 30.7 Å². The number of pyridine rings is 3. The van der Waals surface area contributed by atoms with E-state index in [4.69, 9.17) is 16.3 Å². The maximum Gasteiger partial charge on any atom is 0.282 e. The normalized spacial score (nSPS) is 11.2. The fourth-order valence-corrected chi connectivity index (χ4v) is 4.40. The molecule has 1 aromatic carbocycles. The number of aryl methyl sites for hydroxylation is 1. The predicted octanol–water partition coefficient (Wildman–Crippen LogP) is 3.81. The molecule has 0 saturated carbocycles. The van der Waals surface area contributed by atoms with Gasteiger partial charge < -0.3 is 9.30 Å². The molecule has 9 heteroatoms. The summed E-state index contributed by atoms with van der Waals surface area (Å²) >= 11 is 6.03. The summed E-state index contributed by atoms with van der Waals surface area (Å²) in [6, 6.07) is 19.9. The Bertz CT molecular complexity index is 1650. The summed E-state index contributed by atoms with van der Waals surface area (Å²) in [4.78, 5) is 35.8. The molecular weight excluding hydrogens is 466 g/mol. The van der Waals surface area contributed by atoms with Crippen molar-refractivity contribution in [2.24, 2.45) is 0 Å². The Balaban J connectivity index is 1.77. The van der Waals surface area contributed by atoms with Crippen molar-refractivity contribution in [3.63, 3.8) is 0 Å². The van der Waals surface area contributed by atoms with E-state index in [2.05, 4.69) is 9.97 Å². The largest absolute Gasteiger partial charge is 0.497 e. The molecule has 0 saturated heterocycles. The molecule has 4 aromatic heterocycles. The highest BCUT2D eigenvalue weighted by Gasteiger charge is 2.21. The van der Waals surface area contributed by atoms with Crippen LogP contribution >= 0.6 is 11.6 Å². The Labute approximate surface area is 205 Å². The fourth-order valence-electron chi connectivity index (χ4n) is 4.22. The third-order valence-corrected chi connectivity index (χ3v) is 6.12. The second kappa shape index (κ2) is 9.23. The van der Waals surface area contributed by atoms with Crippen LogP contribution in [-0.2, 0) is 13.1 Å². The van der Waals surface area contributed by atoms with Crippen molar-refractivity contribution < 1.29 is 4.74 Å². The van der Waals surface area contributed by atoms with Gasteiger partial charge in [0, 0.05) is 24.0 Å². The van der Waals surface area contributed by atoms with E-state index in [0.717, 1.165) is 5.56 Å². The van der Waals surface area contributed by atoms with Crippen LogP contribution in [0.2, 0.25) is 5.15 Å². The van der Waals surface area contributed by atoms with Gasteiger partial charge in [-0.1, -0.05) is 48.0 Å². The number of fused-ring (bicyclic) bond motifs is 1. The Kier molecular flexibility index (Phi) is 5.96. The standard InChI is InChI=1S/C26H22ClN5O3/c1-17-25-21(14-24(33)30(17)16-19-9-6-10-22(27)29-19)31(15-18-7-4-3-5-8-18)32(26(25)34)23-13-20(35-2)11-12-28-23/h3-14H,15-16H2,1-2H3. The van der Waals surface area contributed by atoms with Gasteiger partial charge in [0.15, 0.2) is 5.82 Å². The summed E-state index contributed by atoms with van der Waals surface area (Å²) in [6.45, 7) is 2.34. The molecule has 176 valence electrons. The van der Waals surface area contributed by atoms with Crippen molar-refractivity contribution in [3.8, 4) is 11.6 Å². The molecule has 35 heavy (non-hydrogen) atoms. The second-order valence-corrected chi connectivity index (χ2v) is 8.47. The maximum absolute atomic E-state index is 13.8. The summed E-state index contributed by atoms with van der Waals surface area (Å²) in [5, 5.41) is 0.780. The van der Waals surface area contributed by atoms with Crippen LogP contribution < -0.4 is 15.9 Å². The quantitative estimate of drug-likeness (QED) is 0.340. The number of methoxy groups -OCH3 is 1. The molecular formula is C26H22ClN5O3. The van der Waals surface area contributed by atoms with Crippen LogP contribution in [0.5, 0.6) is 5.75 Å². The van der Waals surface area contributed by atoms with Gasteiger partial charge in [0.2, 0.25) is 0 Å². The lowest BCUT2D eigenvalue weighted by Gasteiger charge is -2.14. The maximum atomic E-state index is 13.8. The fraction of sp³-hybridized carbons (Fsp3) is 0.154. The molecule has 0 aliphatic heterocycles. The van der Waals surface area contributed by atoms with E-state index in [1.165, 1.54) is 10.7 Å². The first-order valence-electron chi connectivity index (χ1n) is 11.0. The number of nitrogens with zero attached hydrogens (tertiary/aromatic N) is 5. The minimum Gasteiger partial charge on any atom is -0.497 e. The average molecular weight is 488 g/mol. The lowest BCUT2D eigenvalue weighted by atomic mass is 10.2. The van der Waals surface area contributed by atoms with Crippen LogP contribution in [0.15, 0.2) is 82.5 Å². The second-order valence-electron chi connectivity index (χ2n) is 8.08. The molecule has 0 atom stereocenters. The van der Waals surface area contributed by atoms with E-state index in [1.54, 1.807) is 59.8 Å². The SMILES string of the molecule is COc1ccnc(-n2c(=O)c3c(C)n(Cc4cccc(Cl)n4)c(=O)cc3n2Cc2ccccc2)c1. The third kappa shape index (κ3) is 4.24. The van der Waals surface area contributed by atoms with Crippen molar-refractivity contribution in [3.05, 3.63) is 116 Å². The van der Waals surface area contributed by atoms with Crippen LogP contribution in [0.25, 0.3) is 16.7 Å². The van der Waals surface area contributed by atoms with Crippen LogP contribution in [-0.4, -0.2) is 31.0 Å². The lowest BCUT2D eigenvalue weighted by Crippen LogP contribution is -2.24. The van der Waals surface area contributed by atoms with Gasteiger partial charge in [0.05, 0.1) is 36.8 Å². The molecule has 8 nitrogen and oxygen atoms in total. The lowest BCUT2D eigenvalue weighted by molar-refractivity contribution is 0.413. The minimum absolute atomic E-state index is 0.196. The summed E-state index contributed by atoms with van der Waals surface area (Å²) in [6.07, 6.45) is 1.59. The Morgan fingerprint density at radius 2 is 1.77 bits per heavy atom. The molecule has 0 unspecified atom stereocenters. The number of aromatic nitrogens is 5. The van der Waals surface area contributed by atoms with E-state index in [0.29, 0.717) is 45.6 Å². The first kappa shape index (κ1) is 22.6. The zero-order chi connectivity index (χ0) is 24.5. The van der Waals surface area contributed by atoms with Gasteiger partial charge in [0.25, 0.3) is 11.1 Å². The van der Waals surface area contributed by atoms with Gasteiger partial charge >= 0.3 is 0 Å². The van der Waals surface area contributed by atoms with Gasteiger partial charge in [-0.3, -0.25) is 14.3 Å².